The molecular formula is C13H16O2. The molecule has 1 unspecified atom stereocenters. The lowest BCUT2D eigenvalue weighted by Gasteiger charge is -2.18. The second-order valence-electron chi connectivity index (χ2n) is 3.86. The van der Waals surface area contributed by atoms with Crippen molar-refractivity contribution < 1.29 is 9.84 Å². The van der Waals surface area contributed by atoms with Gasteiger partial charge in [-0.1, -0.05) is 24.3 Å². The maximum absolute atomic E-state index is 9.98. The number of phenolic OH excluding ortho intramolecular Hbond substituents is 1. The normalized spacial score (nSPS) is 20.2. The second kappa shape index (κ2) is 4.39. The zero-order chi connectivity index (χ0) is 10.7. The Morgan fingerprint density at radius 2 is 2.27 bits per heavy atom. The van der Waals surface area contributed by atoms with Gasteiger partial charge in [0.05, 0.1) is 7.11 Å². The Labute approximate surface area is 90.2 Å². The molecule has 0 spiro atoms. The molecular weight excluding hydrogens is 188 g/mol. The summed E-state index contributed by atoms with van der Waals surface area (Å²) in [6.45, 7) is 0. The van der Waals surface area contributed by atoms with E-state index in [1.165, 1.54) is 6.42 Å². The van der Waals surface area contributed by atoms with Crippen LogP contribution >= 0.6 is 0 Å². The van der Waals surface area contributed by atoms with Crippen LogP contribution in [0.1, 0.15) is 30.7 Å². The molecule has 0 heterocycles. The summed E-state index contributed by atoms with van der Waals surface area (Å²) in [4.78, 5) is 0. The van der Waals surface area contributed by atoms with Crippen molar-refractivity contribution in [2.75, 3.05) is 7.11 Å². The van der Waals surface area contributed by atoms with Gasteiger partial charge in [0.25, 0.3) is 0 Å². The highest BCUT2D eigenvalue weighted by Gasteiger charge is 2.16. The van der Waals surface area contributed by atoms with E-state index in [4.69, 9.17) is 4.74 Å². The number of allylic oxidation sites excluding steroid dienone is 2. The minimum Gasteiger partial charge on any atom is -0.504 e. The molecule has 0 fully saturated rings. The average Bonchev–Trinajstić information content (AvgIpc) is 2.30. The predicted molar refractivity (Wildman–Crippen MR) is 60.4 cm³/mol. The van der Waals surface area contributed by atoms with Crippen molar-refractivity contribution in [3.8, 4) is 11.5 Å². The Morgan fingerprint density at radius 1 is 1.40 bits per heavy atom. The molecule has 0 saturated heterocycles. The molecule has 80 valence electrons. The number of hydrogen-bond donors (Lipinski definition) is 1. The molecule has 0 radical (unpaired) electrons. The molecule has 1 aliphatic carbocycles. The van der Waals surface area contributed by atoms with E-state index in [-0.39, 0.29) is 5.75 Å². The highest BCUT2D eigenvalue weighted by atomic mass is 16.5. The van der Waals surface area contributed by atoms with E-state index in [0.29, 0.717) is 11.7 Å². The zero-order valence-electron chi connectivity index (χ0n) is 8.94. The lowest BCUT2D eigenvalue weighted by Crippen LogP contribution is -2.00. The Balaban J connectivity index is 2.34. The maximum Gasteiger partial charge on any atom is 0.161 e. The summed E-state index contributed by atoms with van der Waals surface area (Å²) in [6, 6.07) is 5.68. The highest BCUT2D eigenvalue weighted by molar-refractivity contribution is 5.48. The molecule has 1 aliphatic rings. The van der Waals surface area contributed by atoms with Gasteiger partial charge < -0.3 is 9.84 Å². The van der Waals surface area contributed by atoms with Gasteiger partial charge in [0.2, 0.25) is 0 Å². The highest BCUT2D eigenvalue weighted by Crippen LogP contribution is 2.38. The molecule has 1 atom stereocenters. The third-order valence-corrected chi connectivity index (χ3v) is 2.90. The smallest absolute Gasteiger partial charge is 0.161 e. The molecule has 2 heteroatoms. The predicted octanol–water partition coefficient (Wildman–Crippen LogP) is 3.22. The van der Waals surface area contributed by atoms with Crippen LogP contribution in [0.15, 0.2) is 30.4 Å². The average molecular weight is 204 g/mol. The van der Waals surface area contributed by atoms with E-state index in [9.17, 15) is 5.11 Å². The van der Waals surface area contributed by atoms with Crippen LogP contribution in [0.5, 0.6) is 11.5 Å². The second-order valence-corrected chi connectivity index (χ2v) is 3.86. The molecule has 0 amide bonds. The van der Waals surface area contributed by atoms with Crippen molar-refractivity contribution >= 4 is 0 Å². The largest absolute Gasteiger partial charge is 0.504 e. The third-order valence-electron chi connectivity index (χ3n) is 2.90. The Hall–Kier alpha value is -1.44. The van der Waals surface area contributed by atoms with Crippen LogP contribution < -0.4 is 4.74 Å². The Kier molecular flexibility index (Phi) is 2.95. The number of hydrogen-bond acceptors (Lipinski definition) is 2. The fraction of sp³-hybridized carbons (Fsp3) is 0.385. The molecule has 1 N–H and O–H groups in total. The van der Waals surface area contributed by atoms with Crippen molar-refractivity contribution in [1.82, 2.24) is 0 Å². The van der Waals surface area contributed by atoms with Gasteiger partial charge in [0, 0.05) is 11.5 Å². The van der Waals surface area contributed by atoms with Crippen molar-refractivity contribution in [2.45, 2.75) is 25.2 Å². The Morgan fingerprint density at radius 3 is 2.93 bits per heavy atom. The molecule has 0 aromatic heterocycles. The number of aromatic hydroxyl groups is 1. The van der Waals surface area contributed by atoms with Crippen LogP contribution in [0.25, 0.3) is 0 Å². The summed E-state index contributed by atoms with van der Waals surface area (Å²) in [5, 5.41) is 9.98. The molecule has 0 saturated carbocycles. The number of para-hydroxylation sites is 1. The number of methoxy groups -OCH3 is 1. The van der Waals surface area contributed by atoms with Gasteiger partial charge >= 0.3 is 0 Å². The Bertz CT molecular complexity index is 369. The first-order valence-corrected chi connectivity index (χ1v) is 5.35. The monoisotopic (exact) mass is 204 g/mol. The van der Waals surface area contributed by atoms with Crippen LogP contribution in [0.3, 0.4) is 0 Å². The molecule has 1 aromatic carbocycles. The van der Waals surface area contributed by atoms with Gasteiger partial charge in [-0.3, -0.25) is 0 Å². The summed E-state index contributed by atoms with van der Waals surface area (Å²) < 4.78 is 5.10. The van der Waals surface area contributed by atoms with E-state index >= 15 is 0 Å². The first kappa shape index (κ1) is 10.1. The lowest BCUT2D eigenvalue weighted by atomic mass is 9.88. The van der Waals surface area contributed by atoms with Gasteiger partial charge in [-0.25, -0.2) is 0 Å². The first-order chi connectivity index (χ1) is 7.33. The van der Waals surface area contributed by atoms with Gasteiger partial charge in [-0.2, -0.15) is 0 Å². The van der Waals surface area contributed by atoms with Gasteiger partial charge in [0.15, 0.2) is 11.5 Å². The number of rotatable bonds is 2. The van der Waals surface area contributed by atoms with Crippen molar-refractivity contribution in [3.05, 3.63) is 35.9 Å². The number of phenols is 1. The van der Waals surface area contributed by atoms with Gasteiger partial charge in [-0.05, 0) is 25.3 Å². The summed E-state index contributed by atoms with van der Waals surface area (Å²) in [5.74, 6) is 1.19. The van der Waals surface area contributed by atoms with Crippen LogP contribution in [0.2, 0.25) is 0 Å². The standard InChI is InChI=1S/C13H16O2/c1-15-12-9-5-8-11(13(12)14)10-6-3-2-4-7-10/h3,5-6,8-10,14H,2,4,7H2,1H3. The first-order valence-electron chi connectivity index (χ1n) is 5.35. The lowest BCUT2D eigenvalue weighted by molar-refractivity contribution is 0.369. The summed E-state index contributed by atoms with van der Waals surface area (Å²) in [7, 11) is 1.58. The molecule has 2 nitrogen and oxygen atoms in total. The number of benzene rings is 1. The molecule has 1 aromatic rings. The minimum absolute atomic E-state index is 0.288. The molecule has 0 bridgehead atoms. The van der Waals surface area contributed by atoms with E-state index in [0.717, 1.165) is 18.4 Å². The minimum atomic E-state index is 0.288. The fourth-order valence-corrected chi connectivity index (χ4v) is 2.07. The van der Waals surface area contributed by atoms with Gasteiger partial charge in [0.1, 0.15) is 0 Å². The van der Waals surface area contributed by atoms with E-state index in [1.807, 2.05) is 12.1 Å². The molecule has 0 aliphatic heterocycles. The van der Waals surface area contributed by atoms with Crippen molar-refractivity contribution in [3.63, 3.8) is 0 Å². The van der Waals surface area contributed by atoms with Crippen LogP contribution in [0.4, 0.5) is 0 Å². The third kappa shape index (κ3) is 1.99. The molecule has 2 rings (SSSR count). The van der Waals surface area contributed by atoms with E-state index < -0.39 is 0 Å². The van der Waals surface area contributed by atoms with Crippen LogP contribution in [0, 0.1) is 0 Å². The van der Waals surface area contributed by atoms with Crippen LogP contribution in [-0.2, 0) is 0 Å². The van der Waals surface area contributed by atoms with Gasteiger partial charge in [-0.15, -0.1) is 0 Å². The van der Waals surface area contributed by atoms with Crippen molar-refractivity contribution in [2.24, 2.45) is 0 Å². The summed E-state index contributed by atoms with van der Waals surface area (Å²) in [5.41, 5.74) is 0.977. The van der Waals surface area contributed by atoms with E-state index in [1.54, 1.807) is 13.2 Å². The summed E-state index contributed by atoms with van der Waals surface area (Å²) >= 11 is 0. The quantitative estimate of drug-likeness (QED) is 0.749. The zero-order valence-corrected chi connectivity index (χ0v) is 8.94. The van der Waals surface area contributed by atoms with E-state index in [2.05, 4.69) is 12.2 Å². The SMILES string of the molecule is COc1cccc(C2C=CCCC2)c1O. The fourth-order valence-electron chi connectivity index (χ4n) is 2.07. The summed E-state index contributed by atoms with van der Waals surface area (Å²) in [6.07, 6.45) is 7.82. The number of ether oxygens (including phenoxy) is 1. The molecule has 15 heavy (non-hydrogen) atoms. The van der Waals surface area contributed by atoms with Crippen molar-refractivity contribution in [1.29, 1.82) is 0 Å². The van der Waals surface area contributed by atoms with Crippen LogP contribution in [-0.4, -0.2) is 12.2 Å². The topological polar surface area (TPSA) is 29.5 Å². The maximum atomic E-state index is 9.98.